The Kier molecular flexibility index (Phi) is 7.67. The molecule has 1 saturated carbocycles. The van der Waals surface area contributed by atoms with E-state index < -0.39 is 5.95 Å². The number of fused-ring (bicyclic) bond motifs is 1. The lowest BCUT2D eigenvalue weighted by atomic mass is 9.87. The number of likely N-dealkylation sites (tertiary alicyclic amines) is 1. The van der Waals surface area contributed by atoms with Gasteiger partial charge in [0.15, 0.2) is 0 Å². The van der Waals surface area contributed by atoms with E-state index in [1.165, 1.54) is 51.5 Å². The van der Waals surface area contributed by atoms with Crippen LogP contribution >= 0.6 is 0 Å². The van der Waals surface area contributed by atoms with Gasteiger partial charge in [-0.05, 0) is 74.8 Å². The molecule has 1 atom stereocenters. The molecule has 6 rings (SSSR count). The van der Waals surface area contributed by atoms with Gasteiger partial charge in [-0.1, -0.05) is 6.07 Å². The third-order valence-corrected chi connectivity index (χ3v) is 8.56. The molecule has 8 nitrogen and oxygen atoms in total. The molecule has 3 aliphatic rings. The van der Waals surface area contributed by atoms with Gasteiger partial charge in [-0.25, -0.2) is 15.0 Å². The second-order valence-electron chi connectivity index (χ2n) is 11.1. The molecule has 38 heavy (non-hydrogen) atoms. The number of aromatic nitrogens is 3. The molecule has 1 aliphatic carbocycles. The number of hydrogen-bond acceptors (Lipinski definition) is 8. The predicted octanol–water partition coefficient (Wildman–Crippen LogP) is 4.18. The average molecular weight is 520 g/mol. The highest BCUT2D eigenvalue weighted by Gasteiger charge is 2.30. The van der Waals surface area contributed by atoms with Crippen LogP contribution in [0.2, 0.25) is 0 Å². The van der Waals surface area contributed by atoms with E-state index in [1.807, 2.05) is 18.2 Å². The number of piperidine rings is 1. The Morgan fingerprint density at radius 2 is 1.82 bits per heavy atom. The Labute approximate surface area is 223 Å². The third kappa shape index (κ3) is 5.75. The molecule has 1 aromatic carbocycles. The Morgan fingerprint density at radius 1 is 0.974 bits per heavy atom. The number of pyridine rings is 1. The van der Waals surface area contributed by atoms with E-state index in [0.29, 0.717) is 12.1 Å². The largest absolute Gasteiger partial charge is 0.395 e. The zero-order valence-electron chi connectivity index (χ0n) is 22.0. The summed E-state index contributed by atoms with van der Waals surface area (Å²) >= 11 is 0. The lowest BCUT2D eigenvalue weighted by Crippen LogP contribution is -2.48. The van der Waals surface area contributed by atoms with Gasteiger partial charge in [-0.15, -0.1) is 0 Å². The molecule has 0 radical (unpaired) electrons. The van der Waals surface area contributed by atoms with Crippen molar-refractivity contribution in [1.29, 1.82) is 0 Å². The summed E-state index contributed by atoms with van der Waals surface area (Å²) in [6.45, 7) is 7.64. The lowest BCUT2D eigenvalue weighted by molar-refractivity contribution is 0.0172. The summed E-state index contributed by atoms with van der Waals surface area (Å²) in [6.07, 6.45) is 10.5. The van der Waals surface area contributed by atoms with Crippen LogP contribution in [0.25, 0.3) is 22.0 Å². The highest BCUT2D eigenvalue weighted by atomic mass is 19.1. The van der Waals surface area contributed by atoms with Gasteiger partial charge in [0.1, 0.15) is 12.1 Å². The molecule has 2 saturated heterocycles. The van der Waals surface area contributed by atoms with Crippen molar-refractivity contribution in [1.82, 2.24) is 24.8 Å². The summed E-state index contributed by atoms with van der Waals surface area (Å²) in [4.78, 5) is 18.2. The molecule has 202 valence electrons. The second kappa shape index (κ2) is 11.5. The van der Waals surface area contributed by atoms with Crippen LogP contribution in [0.1, 0.15) is 38.5 Å². The van der Waals surface area contributed by atoms with Crippen LogP contribution in [0.15, 0.2) is 36.8 Å². The number of anilines is 2. The Hall–Kier alpha value is -2.88. The number of rotatable bonds is 6. The highest BCUT2D eigenvalue weighted by molar-refractivity contribution is 5.92. The minimum Gasteiger partial charge on any atom is -0.395 e. The van der Waals surface area contributed by atoms with Gasteiger partial charge >= 0.3 is 0 Å². The maximum atomic E-state index is 13.6. The summed E-state index contributed by atoms with van der Waals surface area (Å²) in [5.74, 6) is 0.992. The molecule has 4 heterocycles. The van der Waals surface area contributed by atoms with E-state index in [-0.39, 0.29) is 5.69 Å². The van der Waals surface area contributed by atoms with Gasteiger partial charge in [-0.2, -0.15) is 4.39 Å². The monoisotopic (exact) mass is 519 g/mol. The first kappa shape index (κ1) is 25.4. The number of nitrogen functional groups attached to an aromatic ring is 1. The molecular formula is C29H38FN7O. The minimum atomic E-state index is -0.645. The fourth-order valence-corrected chi connectivity index (χ4v) is 6.48. The van der Waals surface area contributed by atoms with E-state index in [0.717, 1.165) is 72.9 Å². The van der Waals surface area contributed by atoms with Crippen LogP contribution in [-0.4, -0.2) is 82.8 Å². The summed E-state index contributed by atoms with van der Waals surface area (Å²) < 4.78 is 19.1. The summed E-state index contributed by atoms with van der Waals surface area (Å²) in [7, 11) is 0. The van der Waals surface area contributed by atoms with Crippen molar-refractivity contribution in [3.05, 3.63) is 42.7 Å². The summed E-state index contributed by atoms with van der Waals surface area (Å²) in [5, 5.41) is 4.68. The molecule has 9 heteroatoms. The molecule has 2 aromatic heterocycles. The van der Waals surface area contributed by atoms with Gasteiger partial charge in [0, 0.05) is 55.4 Å². The topological polar surface area (TPSA) is 92.4 Å². The number of nitrogens with one attached hydrogen (secondary N) is 1. The van der Waals surface area contributed by atoms with Crippen molar-refractivity contribution in [2.45, 2.75) is 50.6 Å². The summed E-state index contributed by atoms with van der Waals surface area (Å²) in [6, 6.07) is 8.67. The first-order chi connectivity index (χ1) is 18.6. The van der Waals surface area contributed by atoms with E-state index in [9.17, 15) is 4.39 Å². The Morgan fingerprint density at radius 3 is 2.63 bits per heavy atom. The van der Waals surface area contributed by atoms with Crippen molar-refractivity contribution in [3.63, 3.8) is 0 Å². The van der Waals surface area contributed by atoms with Crippen LogP contribution in [0.5, 0.6) is 0 Å². The zero-order chi connectivity index (χ0) is 25.9. The van der Waals surface area contributed by atoms with E-state index >= 15 is 0 Å². The Bertz CT molecular complexity index is 1240. The van der Waals surface area contributed by atoms with E-state index in [4.69, 9.17) is 10.5 Å². The van der Waals surface area contributed by atoms with Crippen LogP contribution in [0, 0.1) is 11.9 Å². The fraction of sp³-hybridized carbons (Fsp3) is 0.552. The molecule has 3 N–H and O–H groups in total. The maximum Gasteiger partial charge on any atom is 0.236 e. The number of hydrogen-bond donors (Lipinski definition) is 2. The molecule has 2 aliphatic heterocycles. The number of morpholine rings is 1. The number of halogens is 1. The van der Waals surface area contributed by atoms with Crippen molar-refractivity contribution < 1.29 is 9.13 Å². The molecule has 3 aromatic rings. The number of nitrogens with two attached hydrogens (primary N) is 1. The Balaban J connectivity index is 1.08. The second-order valence-corrected chi connectivity index (χ2v) is 11.1. The van der Waals surface area contributed by atoms with Crippen LogP contribution < -0.4 is 11.1 Å². The SMILES string of the molecule is Nc1cc(-c2ccc3ncnc(N[C@H]4CC[C@H](N5CCCC(CN6CCOCC6)C5)CC4)c3c2)cnc1F. The van der Waals surface area contributed by atoms with Crippen molar-refractivity contribution in [2.24, 2.45) is 5.92 Å². The molecular weight excluding hydrogens is 481 g/mol. The van der Waals surface area contributed by atoms with E-state index in [1.54, 1.807) is 12.4 Å². The third-order valence-electron chi connectivity index (χ3n) is 8.56. The molecule has 0 bridgehead atoms. The maximum absolute atomic E-state index is 13.6. The first-order valence-electron chi connectivity index (χ1n) is 14.1. The lowest BCUT2D eigenvalue weighted by Gasteiger charge is -2.43. The molecule has 0 spiro atoms. The normalized spacial score (nSPS) is 25.4. The standard InChI is InChI=1S/C29H38FN7O/c30-28-26(31)15-22(16-32-28)21-3-8-27-25(14-21)29(34-19-33-27)35-23-4-6-24(7-5-23)37-9-1-2-20(18-37)17-36-10-12-38-13-11-36/h3,8,14-16,19-20,23-24H,1-2,4-7,9-13,17-18,31H2,(H,33,34,35)/t20?,23-,24-. The summed E-state index contributed by atoms with van der Waals surface area (Å²) in [5.41, 5.74) is 8.36. The number of ether oxygens (including phenoxy) is 1. The molecule has 3 fully saturated rings. The van der Waals surface area contributed by atoms with Crippen molar-refractivity contribution >= 4 is 22.4 Å². The van der Waals surface area contributed by atoms with Gasteiger partial charge in [0.25, 0.3) is 0 Å². The van der Waals surface area contributed by atoms with Crippen LogP contribution in [0.4, 0.5) is 15.9 Å². The predicted molar refractivity (Wildman–Crippen MR) is 148 cm³/mol. The molecule has 0 amide bonds. The van der Waals surface area contributed by atoms with Crippen molar-refractivity contribution in [2.75, 3.05) is 57.0 Å². The smallest absolute Gasteiger partial charge is 0.236 e. The molecule has 1 unspecified atom stereocenters. The van der Waals surface area contributed by atoms with Gasteiger partial charge in [0.05, 0.1) is 24.4 Å². The van der Waals surface area contributed by atoms with Gasteiger partial charge in [-0.3, -0.25) is 4.90 Å². The fourth-order valence-electron chi connectivity index (χ4n) is 6.48. The highest BCUT2D eigenvalue weighted by Crippen LogP contribution is 2.32. The van der Waals surface area contributed by atoms with Crippen LogP contribution in [-0.2, 0) is 4.74 Å². The number of benzene rings is 1. The quantitative estimate of drug-likeness (QED) is 0.469. The van der Waals surface area contributed by atoms with Gasteiger partial charge in [0.2, 0.25) is 5.95 Å². The van der Waals surface area contributed by atoms with Gasteiger partial charge < -0.3 is 20.7 Å². The average Bonchev–Trinajstić information content (AvgIpc) is 2.96. The minimum absolute atomic E-state index is 0.0446. The zero-order valence-corrected chi connectivity index (χ0v) is 22.0. The van der Waals surface area contributed by atoms with E-state index in [2.05, 4.69) is 30.1 Å². The van der Waals surface area contributed by atoms with Crippen molar-refractivity contribution in [3.8, 4) is 11.1 Å². The first-order valence-corrected chi connectivity index (χ1v) is 14.1. The number of nitrogens with zero attached hydrogens (tertiary/aromatic N) is 5. The van der Waals surface area contributed by atoms with Crippen LogP contribution in [0.3, 0.4) is 0 Å².